The van der Waals surface area contributed by atoms with E-state index in [0.717, 1.165) is 12.8 Å². The number of amides is 2. The first-order valence-electron chi connectivity index (χ1n) is 6.25. The maximum absolute atomic E-state index is 11.7. The largest absolute Gasteiger partial charge is 0.390 e. The number of β-amino-alcohol motifs (C(OH)–C–C–N with tert-alkyl or cyclic N) is 1. The molecule has 1 aliphatic rings. The summed E-state index contributed by atoms with van der Waals surface area (Å²) in [4.78, 5) is 24.6. The number of carbonyl (C=O) groups is 2. The zero-order chi connectivity index (χ0) is 12.8. The third-order valence-corrected chi connectivity index (χ3v) is 2.79. The summed E-state index contributed by atoms with van der Waals surface area (Å²) in [5.74, 6) is -0.313. The molecule has 0 radical (unpaired) electrons. The summed E-state index contributed by atoms with van der Waals surface area (Å²) in [6.07, 6.45) is 1.66. The van der Waals surface area contributed by atoms with E-state index >= 15 is 0 Å². The van der Waals surface area contributed by atoms with Crippen molar-refractivity contribution in [3.05, 3.63) is 0 Å². The molecule has 0 aromatic heterocycles. The van der Waals surface area contributed by atoms with Gasteiger partial charge in [0.05, 0.1) is 12.6 Å². The standard InChI is InChI=1S/C12H22N2O3/c1-9(2)13-7-10(15)8-14-11(16)5-3-4-6-12(14)17/h9-10,13,15H,3-8H2,1-2H3. The molecule has 1 heterocycles. The molecule has 0 bridgehead atoms. The van der Waals surface area contributed by atoms with Gasteiger partial charge in [0.15, 0.2) is 0 Å². The molecule has 0 spiro atoms. The minimum atomic E-state index is -0.691. The van der Waals surface area contributed by atoms with Crippen LogP contribution in [0.15, 0.2) is 0 Å². The molecule has 1 atom stereocenters. The first-order chi connectivity index (χ1) is 8.00. The third-order valence-electron chi connectivity index (χ3n) is 2.79. The summed E-state index contributed by atoms with van der Waals surface area (Å²) in [5, 5.41) is 12.8. The lowest BCUT2D eigenvalue weighted by Gasteiger charge is -2.22. The van der Waals surface area contributed by atoms with Gasteiger partial charge in [0.2, 0.25) is 11.8 Å². The van der Waals surface area contributed by atoms with Gasteiger partial charge in [0, 0.05) is 25.4 Å². The Morgan fingerprint density at radius 2 is 1.76 bits per heavy atom. The monoisotopic (exact) mass is 242 g/mol. The van der Waals surface area contributed by atoms with Gasteiger partial charge in [0.1, 0.15) is 0 Å². The van der Waals surface area contributed by atoms with Crippen LogP contribution in [-0.4, -0.2) is 47.1 Å². The van der Waals surface area contributed by atoms with Gasteiger partial charge in [-0.3, -0.25) is 14.5 Å². The predicted molar refractivity (Wildman–Crippen MR) is 64.3 cm³/mol. The Bertz CT molecular complexity index is 261. The summed E-state index contributed by atoms with van der Waals surface area (Å²) >= 11 is 0. The van der Waals surface area contributed by atoms with Crippen molar-refractivity contribution < 1.29 is 14.7 Å². The van der Waals surface area contributed by atoms with Crippen LogP contribution in [0.3, 0.4) is 0 Å². The maximum atomic E-state index is 11.7. The summed E-state index contributed by atoms with van der Waals surface area (Å²) in [6, 6.07) is 0.278. The van der Waals surface area contributed by atoms with E-state index in [0.29, 0.717) is 19.4 Å². The highest BCUT2D eigenvalue weighted by Crippen LogP contribution is 2.12. The fourth-order valence-electron chi connectivity index (χ4n) is 1.81. The predicted octanol–water partition coefficient (Wildman–Crippen LogP) is 0.274. The van der Waals surface area contributed by atoms with Gasteiger partial charge in [-0.2, -0.15) is 0 Å². The van der Waals surface area contributed by atoms with Crippen molar-refractivity contribution >= 4 is 11.8 Å². The van der Waals surface area contributed by atoms with Crippen LogP contribution in [0.25, 0.3) is 0 Å². The lowest BCUT2D eigenvalue weighted by atomic mass is 10.2. The topological polar surface area (TPSA) is 69.6 Å². The first kappa shape index (κ1) is 14.1. The summed E-state index contributed by atoms with van der Waals surface area (Å²) < 4.78 is 0. The Kier molecular flexibility index (Phi) is 5.58. The first-order valence-corrected chi connectivity index (χ1v) is 6.25. The number of nitrogens with one attached hydrogen (secondary N) is 1. The zero-order valence-corrected chi connectivity index (χ0v) is 10.6. The van der Waals surface area contributed by atoms with Gasteiger partial charge in [-0.1, -0.05) is 13.8 Å². The average Bonchev–Trinajstić information content (AvgIpc) is 2.41. The van der Waals surface area contributed by atoms with E-state index in [2.05, 4.69) is 5.32 Å². The number of likely N-dealkylation sites (tertiary alicyclic amines) is 1. The average molecular weight is 242 g/mol. The van der Waals surface area contributed by atoms with Gasteiger partial charge in [-0.05, 0) is 12.8 Å². The molecule has 0 aromatic rings. The Hall–Kier alpha value is -0.940. The van der Waals surface area contributed by atoms with E-state index in [1.807, 2.05) is 13.8 Å². The summed E-state index contributed by atoms with van der Waals surface area (Å²) in [7, 11) is 0. The van der Waals surface area contributed by atoms with Gasteiger partial charge in [0.25, 0.3) is 0 Å². The van der Waals surface area contributed by atoms with E-state index < -0.39 is 6.10 Å². The van der Waals surface area contributed by atoms with E-state index in [1.54, 1.807) is 0 Å². The fourth-order valence-corrected chi connectivity index (χ4v) is 1.81. The number of hydrogen-bond donors (Lipinski definition) is 2. The fraction of sp³-hybridized carbons (Fsp3) is 0.833. The number of imide groups is 1. The Morgan fingerprint density at radius 1 is 1.24 bits per heavy atom. The SMILES string of the molecule is CC(C)NCC(O)CN1C(=O)CCCCC1=O. The number of rotatable bonds is 5. The van der Waals surface area contributed by atoms with Crippen molar-refractivity contribution in [3.63, 3.8) is 0 Å². The van der Waals surface area contributed by atoms with Crippen LogP contribution < -0.4 is 5.32 Å². The van der Waals surface area contributed by atoms with Gasteiger partial charge in [-0.15, -0.1) is 0 Å². The number of hydrogen-bond acceptors (Lipinski definition) is 4. The van der Waals surface area contributed by atoms with E-state index in [4.69, 9.17) is 0 Å². The maximum Gasteiger partial charge on any atom is 0.229 e. The molecule has 0 saturated carbocycles. The van der Waals surface area contributed by atoms with E-state index in [1.165, 1.54) is 4.90 Å². The molecule has 98 valence electrons. The van der Waals surface area contributed by atoms with Crippen LogP contribution in [0.1, 0.15) is 39.5 Å². The smallest absolute Gasteiger partial charge is 0.229 e. The lowest BCUT2D eigenvalue weighted by molar-refractivity contribution is -0.145. The van der Waals surface area contributed by atoms with Crippen molar-refractivity contribution in [1.29, 1.82) is 0 Å². The molecule has 5 nitrogen and oxygen atoms in total. The Morgan fingerprint density at radius 3 is 2.24 bits per heavy atom. The van der Waals surface area contributed by atoms with Gasteiger partial charge < -0.3 is 10.4 Å². The number of carbonyl (C=O) groups excluding carboxylic acids is 2. The highest BCUT2D eigenvalue weighted by atomic mass is 16.3. The van der Waals surface area contributed by atoms with Crippen LogP contribution in [0.2, 0.25) is 0 Å². The van der Waals surface area contributed by atoms with Crippen LogP contribution in [0.4, 0.5) is 0 Å². The molecule has 5 heteroatoms. The number of aliphatic hydroxyl groups is 1. The summed E-state index contributed by atoms with van der Waals surface area (Å²) in [6.45, 7) is 4.47. The van der Waals surface area contributed by atoms with Gasteiger partial charge in [-0.25, -0.2) is 0 Å². The van der Waals surface area contributed by atoms with Crippen LogP contribution >= 0.6 is 0 Å². The molecule has 17 heavy (non-hydrogen) atoms. The molecular formula is C12H22N2O3. The van der Waals surface area contributed by atoms with Crippen LogP contribution in [-0.2, 0) is 9.59 Å². The normalized spacial score (nSPS) is 19.6. The molecule has 2 N–H and O–H groups in total. The highest BCUT2D eigenvalue weighted by molar-refractivity contribution is 5.96. The highest BCUT2D eigenvalue weighted by Gasteiger charge is 2.25. The second-order valence-electron chi connectivity index (χ2n) is 4.82. The molecule has 1 unspecified atom stereocenters. The Balaban J connectivity index is 2.46. The molecule has 1 aliphatic heterocycles. The number of aliphatic hydroxyl groups excluding tert-OH is 1. The molecule has 1 saturated heterocycles. The van der Waals surface area contributed by atoms with Crippen LogP contribution in [0, 0.1) is 0 Å². The molecule has 0 aliphatic carbocycles. The van der Waals surface area contributed by atoms with Crippen molar-refractivity contribution in [3.8, 4) is 0 Å². The van der Waals surface area contributed by atoms with Crippen molar-refractivity contribution in [2.75, 3.05) is 13.1 Å². The van der Waals surface area contributed by atoms with Crippen molar-refractivity contribution in [2.24, 2.45) is 0 Å². The quantitative estimate of drug-likeness (QED) is 0.679. The minimum Gasteiger partial charge on any atom is -0.390 e. The van der Waals surface area contributed by atoms with Crippen molar-refractivity contribution in [2.45, 2.75) is 51.7 Å². The molecular weight excluding hydrogens is 220 g/mol. The molecule has 0 aromatic carbocycles. The lowest BCUT2D eigenvalue weighted by Crippen LogP contribution is -2.44. The van der Waals surface area contributed by atoms with Crippen molar-refractivity contribution in [1.82, 2.24) is 10.2 Å². The molecule has 2 amide bonds. The zero-order valence-electron chi connectivity index (χ0n) is 10.6. The van der Waals surface area contributed by atoms with Crippen LogP contribution in [0.5, 0.6) is 0 Å². The minimum absolute atomic E-state index is 0.109. The van der Waals surface area contributed by atoms with E-state index in [-0.39, 0.29) is 24.4 Å². The second kappa shape index (κ2) is 6.71. The van der Waals surface area contributed by atoms with Gasteiger partial charge >= 0.3 is 0 Å². The molecule has 1 rings (SSSR count). The summed E-state index contributed by atoms with van der Waals surface area (Å²) in [5.41, 5.74) is 0. The second-order valence-corrected chi connectivity index (χ2v) is 4.82. The third kappa shape index (κ3) is 4.83. The number of nitrogens with zero attached hydrogens (tertiary/aromatic N) is 1. The molecule has 1 fully saturated rings. The van der Waals surface area contributed by atoms with E-state index in [9.17, 15) is 14.7 Å². The Labute approximate surface area is 102 Å².